The lowest BCUT2D eigenvalue weighted by atomic mass is 10.3. The molecule has 0 saturated heterocycles. The number of rotatable bonds is 12. The van der Waals surface area contributed by atoms with Crippen molar-refractivity contribution in [2.24, 2.45) is 4.99 Å². The highest BCUT2D eigenvalue weighted by molar-refractivity contribution is 14.0. The van der Waals surface area contributed by atoms with Crippen LogP contribution in [0.1, 0.15) is 26.2 Å². The molecule has 5 nitrogen and oxygen atoms in total. The van der Waals surface area contributed by atoms with Crippen LogP contribution in [0.25, 0.3) is 0 Å². The van der Waals surface area contributed by atoms with E-state index in [0.717, 1.165) is 45.0 Å². The first-order valence-corrected chi connectivity index (χ1v) is 7.04. The molecule has 0 bridgehead atoms. The average molecular weight is 399 g/mol. The van der Waals surface area contributed by atoms with Crippen LogP contribution in [-0.4, -0.2) is 52.5 Å². The Labute approximate surface area is 140 Å². The fourth-order valence-corrected chi connectivity index (χ4v) is 1.33. The summed E-state index contributed by atoms with van der Waals surface area (Å²) in [5.74, 6) is 0.852. The van der Waals surface area contributed by atoms with Crippen LogP contribution in [0.5, 0.6) is 0 Å². The maximum Gasteiger partial charge on any atom is 0.191 e. The first kappa shape index (κ1) is 21.9. The van der Waals surface area contributed by atoms with E-state index in [2.05, 4.69) is 29.1 Å². The Morgan fingerprint density at radius 3 is 2.65 bits per heavy atom. The summed E-state index contributed by atoms with van der Waals surface area (Å²) in [5, 5.41) is 6.50. The molecule has 120 valence electrons. The predicted octanol–water partition coefficient (Wildman–Crippen LogP) is 2.18. The molecular weight excluding hydrogens is 369 g/mol. The van der Waals surface area contributed by atoms with Gasteiger partial charge in [0.05, 0.1) is 13.2 Å². The van der Waals surface area contributed by atoms with E-state index < -0.39 is 0 Å². The minimum atomic E-state index is 0. The molecule has 0 aliphatic carbocycles. The van der Waals surface area contributed by atoms with Gasteiger partial charge in [-0.25, -0.2) is 0 Å². The van der Waals surface area contributed by atoms with Crippen molar-refractivity contribution < 1.29 is 9.47 Å². The lowest BCUT2D eigenvalue weighted by molar-refractivity contribution is 0.0702. The Bertz CT molecular complexity index is 238. The van der Waals surface area contributed by atoms with Gasteiger partial charge < -0.3 is 20.1 Å². The molecule has 0 saturated carbocycles. The second kappa shape index (κ2) is 18.7. The number of halogens is 1. The zero-order chi connectivity index (χ0) is 14.2. The highest BCUT2D eigenvalue weighted by Gasteiger charge is 1.96. The van der Waals surface area contributed by atoms with Gasteiger partial charge in [-0.1, -0.05) is 19.4 Å². The number of nitrogens with zero attached hydrogens (tertiary/aromatic N) is 1. The second-order valence-corrected chi connectivity index (χ2v) is 4.14. The van der Waals surface area contributed by atoms with Gasteiger partial charge in [0.15, 0.2) is 5.96 Å². The lowest BCUT2D eigenvalue weighted by Crippen LogP contribution is -2.38. The molecule has 0 radical (unpaired) electrons. The Morgan fingerprint density at radius 1 is 1.20 bits per heavy atom. The largest absolute Gasteiger partial charge is 0.382 e. The van der Waals surface area contributed by atoms with Crippen molar-refractivity contribution in [1.29, 1.82) is 0 Å². The molecular formula is C14H30IN3O2. The monoisotopic (exact) mass is 399 g/mol. The zero-order valence-corrected chi connectivity index (χ0v) is 15.2. The van der Waals surface area contributed by atoms with Crippen molar-refractivity contribution in [3.8, 4) is 0 Å². The summed E-state index contributed by atoms with van der Waals surface area (Å²) >= 11 is 0. The third kappa shape index (κ3) is 15.7. The van der Waals surface area contributed by atoms with E-state index in [1.165, 1.54) is 6.42 Å². The van der Waals surface area contributed by atoms with Crippen LogP contribution in [-0.2, 0) is 9.47 Å². The minimum absolute atomic E-state index is 0. The van der Waals surface area contributed by atoms with Crippen molar-refractivity contribution in [3.63, 3.8) is 0 Å². The molecule has 0 aromatic heterocycles. The predicted molar refractivity (Wildman–Crippen MR) is 96.1 cm³/mol. The topological polar surface area (TPSA) is 54.9 Å². The van der Waals surface area contributed by atoms with Gasteiger partial charge in [0.25, 0.3) is 0 Å². The van der Waals surface area contributed by atoms with E-state index in [1.807, 2.05) is 6.08 Å². The van der Waals surface area contributed by atoms with E-state index in [1.54, 1.807) is 7.11 Å². The molecule has 0 aromatic rings. The van der Waals surface area contributed by atoms with Crippen LogP contribution in [0, 0.1) is 0 Å². The molecule has 0 atom stereocenters. The number of nitrogens with one attached hydrogen (secondary N) is 2. The SMILES string of the molecule is C=CCNC(=NCCCOCCOC)NCCCC.I. The van der Waals surface area contributed by atoms with Gasteiger partial charge in [-0.2, -0.15) is 0 Å². The summed E-state index contributed by atoms with van der Waals surface area (Å²) in [6.45, 7) is 10.3. The number of ether oxygens (including phenoxy) is 2. The molecule has 0 spiro atoms. The molecule has 0 unspecified atom stereocenters. The van der Waals surface area contributed by atoms with Crippen LogP contribution in [0.3, 0.4) is 0 Å². The summed E-state index contributed by atoms with van der Waals surface area (Å²) in [6, 6.07) is 0. The number of aliphatic imine (C=N–C) groups is 1. The van der Waals surface area contributed by atoms with Gasteiger partial charge in [-0.3, -0.25) is 4.99 Å². The quantitative estimate of drug-likeness (QED) is 0.174. The van der Waals surface area contributed by atoms with Crippen molar-refractivity contribution >= 4 is 29.9 Å². The Balaban J connectivity index is 0. The summed E-state index contributed by atoms with van der Waals surface area (Å²) < 4.78 is 10.3. The molecule has 6 heteroatoms. The van der Waals surface area contributed by atoms with E-state index in [-0.39, 0.29) is 24.0 Å². The number of hydrogen-bond donors (Lipinski definition) is 2. The molecule has 0 fully saturated rings. The fraction of sp³-hybridized carbons (Fsp3) is 0.786. The van der Waals surface area contributed by atoms with Gasteiger partial charge >= 0.3 is 0 Å². The Hall–Kier alpha value is -0.340. The van der Waals surface area contributed by atoms with Gasteiger partial charge in [0, 0.05) is 33.4 Å². The van der Waals surface area contributed by atoms with E-state index in [9.17, 15) is 0 Å². The fourth-order valence-electron chi connectivity index (χ4n) is 1.33. The first-order chi connectivity index (χ1) is 9.35. The number of methoxy groups -OCH3 is 1. The Kier molecular flexibility index (Phi) is 20.5. The van der Waals surface area contributed by atoms with Crippen molar-refractivity contribution in [2.45, 2.75) is 26.2 Å². The summed E-state index contributed by atoms with van der Waals surface area (Å²) in [4.78, 5) is 4.49. The third-order valence-corrected chi connectivity index (χ3v) is 2.39. The first-order valence-electron chi connectivity index (χ1n) is 7.04. The molecule has 0 amide bonds. The highest BCUT2D eigenvalue weighted by Crippen LogP contribution is 1.87. The summed E-state index contributed by atoms with van der Waals surface area (Å²) in [7, 11) is 1.67. The maximum absolute atomic E-state index is 5.38. The minimum Gasteiger partial charge on any atom is -0.382 e. The lowest BCUT2D eigenvalue weighted by Gasteiger charge is -2.10. The molecule has 20 heavy (non-hydrogen) atoms. The van der Waals surface area contributed by atoms with Gasteiger partial charge in [-0.05, 0) is 12.8 Å². The van der Waals surface area contributed by atoms with Gasteiger partial charge in [0.1, 0.15) is 0 Å². The van der Waals surface area contributed by atoms with Crippen LogP contribution in [0.4, 0.5) is 0 Å². The highest BCUT2D eigenvalue weighted by atomic mass is 127. The van der Waals surface area contributed by atoms with Crippen molar-refractivity contribution in [1.82, 2.24) is 10.6 Å². The Morgan fingerprint density at radius 2 is 2.00 bits per heavy atom. The number of hydrogen-bond acceptors (Lipinski definition) is 3. The molecule has 0 heterocycles. The molecule has 0 aliphatic heterocycles. The third-order valence-electron chi connectivity index (χ3n) is 2.39. The summed E-state index contributed by atoms with van der Waals surface area (Å²) in [6.07, 6.45) is 5.06. The van der Waals surface area contributed by atoms with Crippen LogP contribution >= 0.6 is 24.0 Å². The molecule has 2 N–H and O–H groups in total. The average Bonchev–Trinajstić information content (AvgIpc) is 2.43. The summed E-state index contributed by atoms with van der Waals surface area (Å²) in [5.41, 5.74) is 0. The molecule has 0 aliphatic rings. The van der Waals surface area contributed by atoms with E-state index in [4.69, 9.17) is 9.47 Å². The molecule has 0 aromatic carbocycles. The van der Waals surface area contributed by atoms with E-state index in [0.29, 0.717) is 13.2 Å². The van der Waals surface area contributed by atoms with Crippen molar-refractivity contribution in [2.75, 3.05) is 46.6 Å². The second-order valence-electron chi connectivity index (χ2n) is 4.14. The van der Waals surface area contributed by atoms with E-state index >= 15 is 0 Å². The van der Waals surface area contributed by atoms with Gasteiger partial charge in [0.2, 0.25) is 0 Å². The smallest absolute Gasteiger partial charge is 0.191 e. The zero-order valence-electron chi connectivity index (χ0n) is 12.8. The molecule has 0 rings (SSSR count). The van der Waals surface area contributed by atoms with Crippen LogP contribution in [0.2, 0.25) is 0 Å². The van der Waals surface area contributed by atoms with Crippen molar-refractivity contribution in [3.05, 3.63) is 12.7 Å². The van der Waals surface area contributed by atoms with Gasteiger partial charge in [-0.15, -0.1) is 30.6 Å². The maximum atomic E-state index is 5.38. The van der Waals surface area contributed by atoms with Crippen LogP contribution < -0.4 is 10.6 Å². The normalized spacial score (nSPS) is 10.8. The number of unbranched alkanes of at least 4 members (excludes halogenated alkanes) is 1. The number of guanidine groups is 1. The van der Waals surface area contributed by atoms with Crippen LogP contribution in [0.15, 0.2) is 17.6 Å². The standard InChI is InChI=1S/C14H29N3O2.HI/c1-4-6-9-16-14(15-8-5-2)17-10-7-11-19-13-12-18-3;/h5H,2,4,6-13H2,1,3H3,(H2,15,16,17);1H.